The third-order valence-electron chi connectivity index (χ3n) is 3.54. The Morgan fingerprint density at radius 3 is 2.46 bits per heavy atom. The molecule has 26 heavy (non-hydrogen) atoms. The number of aromatic nitrogens is 2. The van der Waals surface area contributed by atoms with Gasteiger partial charge in [0.15, 0.2) is 5.78 Å². The second-order valence-corrected chi connectivity index (χ2v) is 5.51. The van der Waals surface area contributed by atoms with Crippen LogP contribution in [0.2, 0.25) is 0 Å². The number of carbonyl (C=O) groups excluding carboxylic acids is 2. The molecule has 1 aromatic heterocycles. The maximum absolute atomic E-state index is 13.0. The largest absolute Gasteiger partial charge is 0.340 e. The Labute approximate surface area is 149 Å². The molecular weight excluding hydrogens is 335 g/mol. The van der Waals surface area contributed by atoms with Crippen molar-refractivity contribution in [2.45, 2.75) is 6.92 Å². The summed E-state index contributed by atoms with van der Waals surface area (Å²) in [5, 5.41) is 5.67. The Bertz CT molecular complexity index is 958. The van der Waals surface area contributed by atoms with Crippen LogP contribution in [0.25, 0.3) is 0 Å². The SMILES string of the molecule is CC(=O)c1cccc(NC(=O)c2cc(Nc3ccc(F)cc3)ncn2)c1. The maximum Gasteiger partial charge on any atom is 0.274 e. The molecule has 1 amide bonds. The quantitative estimate of drug-likeness (QED) is 0.684. The molecule has 7 heteroatoms. The summed E-state index contributed by atoms with van der Waals surface area (Å²) < 4.78 is 13.0. The summed E-state index contributed by atoms with van der Waals surface area (Å²) in [6, 6.07) is 13.9. The molecule has 0 saturated carbocycles. The summed E-state index contributed by atoms with van der Waals surface area (Å²) in [5.74, 6) is -0.468. The molecule has 3 rings (SSSR count). The monoisotopic (exact) mass is 350 g/mol. The highest BCUT2D eigenvalue weighted by Crippen LogP contribution is 2.16. The zero-order chi connectivity index (χ0) is 18.5. The number of anilines is 3. The Kier molecular flexibility index (Phi) is 4.98. The molecule has 3 aromatic rings. The maximum atomic E-state index is 13.0. The Morgan fingerprint density at radius 1 is 0.962 bits per heavy atom. The van der Waals surface area contributed by atoms with Crippen molar-refractivity contribution in [2.75, 3.05) is 10.6 Å². The van der Waals surface area contributed by atoms with Crippen LogP contribution in [0.4, 0.5) is 21.6 Å². The molecule has 130 valence electrons. The topological polar surface area (TPSA) is 84.0 Å². The standard InChI is InChI=1S/C19H15FN4O2/c1-12(25)13-3-2-4-16(9-13)24-19(26)17-10-18(22-11-21-17)23-15-7-5-14(20)6-8-15/h2-11H,1H3,(H,24,26)(H,21,22,23). The summed E-state index contributed by atoms with van der Waals surface area (Å²) >= 11 is 0. The molecule has 0 atom stereocenters. The molecule has 0 spiro atoms. The van der Waals surface area contributed by atoms with Crippen molar-refractivity contribution in [2.24, 2.45) is 0 Å². The fourth-order valence-electron chi connectivity index (χ4n) is 2.24. The van der Waals surface area contributed by atoms with Gasteiger partial charge in [-0.3, -0.25) is 9.59 Å². The molecule has 0 aliphatic carbocycles. The van der Waals surface area contributed by atoms with Crippen molar-refractivity contribution in [1.82, 2.24) is 9.97 Å². The first kappa shape index (κ1) is 17.2. The van der Waals surface area contributed by atoms with Crippen LogP contribution in [0.15, 0.2) is 60.9 Å². The summed E-state index contributed by atoms with van der Waals surface area (Å²) in [7, 11) is 0. The number of hydrogen-bond acceptors (Lipinski definition) is 5. The number of amides is 1. The summed E-state index contributed by atoms with van der Waals surface area (Å²) in [4.78, 5) is 31.8. The lowest BCUT2D eigenvalue weighted by molar-refractivity contribution is 0.100. The molecule has 0 unspecified atom stereocenters. The fourth-order valence-corrected chi connectivity index (χ4v) is 2.24. The van der Waals surface area contributed by atoms with Gasteiger partial charge in [0, 0.05) is 23.0 Å². The van der Waals surface area contributed by atoms with E-state index in [1.54, 1.807) is 36.4 Å². The zero-order valence-electron chi connectivity index (χ0n) is 13.9. The first-order valence-corrected chi connectivity index (χ1v) is 7.78. The first-order chi connectivity index (χ1) is 12.5. The molecule has 2 N–H and O–H groups in total. The molecular formula is C19H15FN4O2. The van der Waals surface area contributed by atoms with Gasteiger partial charge in [0.2, 0.25) is 0 Å². The van der Waals surface area contributed by atoms with Crippen LogP contribution in [-0.2, 0) is 0 Å². The van der Waals surface area contributed by atoms with Gasteiger partial charge in [-0.25, -0.2) is 14.4 Å². The molecule has 0 saturated heterocycles. The molecule has 1 heterocycles. The van der Waals surface area contributed by atoms with E-state index in [2.05, 4.69) is 20.6 Å². The Balaban J connectivity index is 1.74. The van der Waals surface area contributed by atoms with Crippen molar-refractivity contribution < 1.29 is 14.0 Å². The molecule has 6 nitrogen and oxygen atoms in total. The van der Waals surface area contributed by atoms with Gasteiger partial charge in [-0.2, -0.15) is 0 Å². The summed E-state index contributed by atoms with van der Waals surface area (Å²) in [5.41, 5.74) is 1.78. The number of rotatable bonds is 5. The van der Waals surface area contributed by atoms with E-state index >= 15 is 0 Å². The molecule has 0 fully saturated rings. The van der Waals surface area contributed by atoms with Crippen LogP contribution in [-0.4, -0.2) is 21.7 Å². The van der Waals surface area contributed by atoms with Crippen molar-refractivity contribution >= 4 is 28.9 Å². The van der Waals surface area contributed by atoms with E-state index in [0.717, 1.165) is 0 Å². The molecule has 0 aliphatic heterocycles. The first-order valence-electron chi connectivity index (χ1n) is 7.78. The molecule has 0 bridgehead atoms. The lowest BCUT2D eigenvalue weighted by Gasteiger charge is -2.08. The van der Waals surface area contributed by atoms with Gasteiger partial charge >= 0.3 is 0 Å². The van der Waals surface area contributed by atoms with Gasteiger partial charge in [0.1, 0.15) is 23.7 Å². The highest BCUT2D eigenvalue weighted by Gasteiger charge is 2.10. The van der Waals surface area contributed by atoms with Gasteiger partial charge in [-0.1, -0.05) is 12.1 Å². The van der Waals surface area contributed by atoms with Gasteiger partial charge in [0.25, 0.3) is 5.91 Å². The highest BCUT2D eigenvalue weighted by molar-refractivity contribution is 6.04. The van der Waals surface area contributed by atoms with Crippen LogP contribution < -0.4 is 10.6 Å². The van der Waals surface area contributed by atoms with Crippen LogP contribution in [0, 0.1) is 5.82 Å². The number of benzene rings is 2. The minimum Gasteiger partial charge on any atom is -0.340 e. The Hall–Kier alpha value is -3.61. The normalized spacial score (nSPS) is 10.2. The van der Waals surface area contributed by atoms with E-state index < -0.39 is 5.91 Å². The van der Waals surface area contributed by atoms with Gasteiger partial charge in [0.05, 0.1) is 0 Å². The second kappa shape index (κ2) is 7.52. The lowest BCUT2D eigenvalue weighted by atomic mass is 10.1. The molecule has 0 radical (unpaired) electrons. The average molecular weight is 350 g/mol. The van der Waals surface area contributed by atoms with Crippen molar-refractivity contribution in [1.29, 1.82) is 0 Å². The molecule has 2 aromatic carbocycles. The van der Waals surface area contributed by atoms with Crippen LogP contribution >= 0.6 is 0 Å². The smallest absolute Gasteiger partial charge is 0.274 e. The van der Waals surface area contributed by atoms with Crippen molar-refractivity contribution in [3.8, 4) is 0 Å². The summed E-state index contributed by atoms with van der Waals surface area (Å²) in [6.07, 6.45) is 1.26. The predicted molar refractivity (Wildman–Crippen MR) is 96.1 cm³/mol. The average Bonchev–Trinajstić information content (AvgIpc) is 2.64. The number of hydrogen-bond donors (Lipinski definition) is 2. The second-order valence-electron chi connectivity index (χ2n) is 5.51. The number of nitrogens with zero attached hydrogens (tertiary/aromatic N) is 2. The van der Waals surface area contributed by atoms with Crippen LogP contribution in [0.1, 0.15) is 27.8 Å². The van der Waals surface area contributed by atoms with Crippen LogP contribution in [0.3, 0.4) is 0 Å². The number of carbonyl (C=O) groups is 2. The van der Waals surface area contributed by atoms with E-state index in [0.29, 0.717) is 22.8 Å². The van der Waals surface area contributed by atoms with Gasteiger partial charge < -0.3 is 10.6 Å². The number of halogens is 1. The zero-order valence-corrected chi connectivity index (χ0v) is 13.9. The number of nitrogens with one attached hydrogen (secondary N) is 2. The minimum atomic E-state index is -0.435. The molecule has 0 aliphatic rings. The van der Waals surface area contributed by atoms with E-state index in [-0.39, 0.29) is 17.3 Å². The van der Waals surface area contributed by atoms with E-state index in [1.165, 1.54) is 31.5 Å². The lowest BCUT2D eigenvalue weighted by Crippen LogP contribution is -2.14. The van der Waals surface area contributed by atoms with E-state index in [9.17, 15) is 14.0 Å². The summed E-state index contributed by atoms with van der Waals surface area (Å²) in [6.45, 7) is 1.46. The Morgan fingerprint density at radius 2 is 1.73 bits per heavy atom. The predicted octanol–water partition coefficient (Wildman–Crippen LogP) is 3.81. The van der Waals surface area contributed by atoms with Crippen LogP contribution in [0.5, 0.6) is 0 Å². The third kappa shape index (κ3) is 4.27. The van der Waals surface area contributed by atoms with Gasteiger partial charge in [-0.05, 0) is 43.3 Å². The fraction of sp³-hybridized carbons (Fsp3) is 0.0526. The van der Waals surface area contributed by atoms with E-state index in [1.807, 2.05) is 0 Å². The minimum absolute atomic E-state index is 0.0890. The van der Waals surface area contributed by atoms with Gasteiger partial charge in [-0.15, -0.1) is 0 Å². The van der Waals surface area contributed by atoms with Crippen molar-refractivity contribution in [3.63, 3.8) is 0 Å². The van der Waals surface area contributed by atoms with E-state index in [4.69, 9.17) is 0 Å². The number of ketones is 1. The number of Topliss-reactive ketones (excluding diaryl/α,β-unsaturated/α-hetero) is 1. The third-order valence-corrected chi connectivity index (χ3v) is 3.54. The van der Waals surface area contributed by atoms with Crippen molar-refractivity contribution in [3.05, 3.63) is 78.0 Å². The highest BCUT2D eigenvalue weighted by atomic mass is 19.1.